The molecule has 1 aliphatic heterocycles. The van der Waals surface area contributed by atoms with Gasteiger partial charge >= 0.3 is 11.9 Å². The summed E-state index contributed by atoms with van der Waals surface area (Å²) in [6.07, 6.45) is 1.26. The first-order valence-corrected chi connectivity index (χ1v) is 7.17. The van der Waals surface area contributed by atoms with E-state index in [2.05, 4.69) is 10.6 Å². The molecule has 0 aliphatic carbocycles. The number of nitrogens with one attached hydrogen (secondary N) is 2. The SMILES string of the molecule is CCNc1ccc(Cl)cc1NC=C1C(=O)OC(C)(C)OC1=O. The Labute approximate surface area is 133 Å². The molecule has 0 radical (unpaired) electrons. The molecule has 1 aliphatic rings. The molecule has 1 saturated heterocycles. The minimum Gasteiger partial charge on any atom is -0.419 e. The van der Waals surface area contributed by atoms with E-state index in [-0.39, 0.29) is 5.57 Å². The summed E-state index contributed by atoms with van der Waals surface area (Å²) in [6.45, 7) is 5.65. The third kappa shape index (κ3) is 3.71. The minimum absolute atomic E-state index is 0.207. The molecule has 1 fully saturated rings. The summed E-state index contributed by atoms with van der Waals surface area (Å²) >= 11 is 5.96. The van der Waals surface area contributed by atoms with Gasteiger partial charge in [-0.25, -0.2) is 9.59 Å². The lowest BCUT2D eigenvalue weighted by Crippen LogP contribution is -2.42. The highest BCUT2D eigenvalue weighted by Crippen LogP contribution is 2.27. The number of halogens is 1. The fraction of sp³-hybridized carbons (Fsp3) is 0.333. The monoisotopic (exact) mass is 324 g/mol. The fourth-order valence-electron chi connectivity index (χ4n) is 1.91. The zero-order valence-corrected chi connectivity index (χ0v) is 13.3. The maximum absolute atomic E-state index is 11.8. The summed E-state index contributed by atoms with van der Waals surface area (Å²) in [7, 11) is 0. The van der Waals surface area contributed by atoms with Crippen molar-refractivity contribution in [3.63, 3.8) is 0 Å². The predicted molar refractivity (Wildman–Crippen MR) is 83.6 cm³/mol. The van der Waals surface area contributed by atoms with E-state index in [1.807, 2.05) is 6.92 Å². The van der Waals surface area contributed by atoms with Crippen LogP contribution in [0, 0.1) is 0 Å². The van der Waals surface area contributed by atoms with Gasteiger partial charge in [0.1, 0.15) is 0 Å². The highest BCUT2D eigenvalue weighted by molar-refractivity contribution is 6.31. The first-order valence-electron chi connectivity index (χ1n) is 6.79. The van der Waals surface area contributed by atoms with Crippen LogP contribution in [0.2, 0.25) is 5.02 Å². The quantitative estimate of drug-likeness (QED) is 0.504. The van der Waals surface area contributed by atoms with Crippen LogP contribution in [0.4, 0.5) is 11.4 Å². The molecule has 0 amide bonds. The van der Waals surface area contributed by atoms with Crippen molar-refractivity contribution in [2.24, 2.45) is 0 Å². The second-order valence-corrected chi connectivity index (χ2v) is 5.54. The summed E-state index contributed by atoms with van der Waals surface area (Å²) in [5, 5.41) is 6.56. The number of hydrogen-bond donors (Lipinski definition) is 2. The molecule has 7 heteroatoms. The zero-order chi connectivity index (χ0) is 16.3. The Morgan fingerprint density at radius 2 is 1.82 bits per heavy atom. The molecule has 0 saturated carbocycles. The summed E-state index contributed by atoms with van der Waals surface area (Å²) < 4.78 is 10.0. The fourth-order valence-corrected chi connectivity index (χ4v) is 2.08. The van der Waals surface area contributed by atoms with Gasteiger partial charge in [-0.05, 0) is 25.1 Å². The van der Waals surface area contributed by atoms with Crippen molar-refractivity contribution in [2.45, 2.75) is 26.6 Å². The number of benzene rings is 1. The average Bonchev–Trinajstić information content (AvgIpc) is 2.39. The van der Waals surface area contributed by atoms with Crippen LogP contribution in [0.1, 0.15) is 20.8 Å². The van der Waals surface area contributed by atoms with Crippen LogP contribution < -0.4 is 10.6 Å². The molecule has 0 spiro atoms. The van der Waals surface area contributed by atoms with Gasteiger partial charge in [-0.3, -0.25) is 0 Å². The number of esters is 2. The van der Waals surface area contributed by atoms with Gasteiger partial charge in [-0.15, -0.1) is 0 Å². The lowest BCUT2D eigenvalue weighted by atomic mass is 10.2. The molecule has 0 aromatic heterocycles. The van der Waals surface area contributed by atoms with Gasteiger partial charge < -0.3 is 20.1 Å². The molecule has 0 unspecified atom stereocenters. The van der Waals surface area contributed by atoms with Crippen molar-refractivity contribution >= 4 is 34.9 Å². The van der Waals surface area contributed by atoms with Crippen LogP contribution in [0.5, 0.6) is 0 Å². The van der Waals surface area contributed by atoms with Gasteiger partial charge in [0.2, 0.25) is 0 Å². The van der Waals surface area contributed by atoms with E-state index in [9.17, 15) is 9.59 Å². The van der Waals surface area contributed by atoms with Crippen LogP contribution in [0.3, 0.4) is 0 Å². The van der Waals surface area contributed by atoms with Crippen molar-refractivity contribution in [3.05, 3.63) is 35.0 Å². The second-order valence-electron chi connectivity index (χ2n) is 5.10. The minimum atomic E-state index is -1.25. The second kappa shape index (κ2) is 6.27. The normalized spacial score (nSPS) is 16.6. The molecule has 2 rings (SSSR count). The van der Waals surface area contributed by atoms with Crippen molar-refractivity contribution in [1.29, 1.82) is 0 Å². The van der Waals surface area contributed by atoms with Gasteiger partial charge in [-0.2, -0.15) is 0 Å². The molecule has 0 bridgehead atoms. The molecule has 118 valence electrons. The summed E-state index contributed by atoms with van der Waals surface area (Å²) in [4.78, 5) is 23.7. The third-order valence-corrected chi connectivity index (χ3v) is 3.07. The van der Waals surface area contributed by atoms with Gasteiger partial charge in [-0.1, -0.05) is 11.6 Å². The maximum Gasteiger partial charge on any atom is 0.350 e. The molecule has 0 atom stereocenters. The number of cyclic esters (lactones) is 2. The molecular weight excluding hydrogens is 308 g/mol. The van der Waals surface area contributed by atoms with E-state index in [4.69, 9.17) is 21.1 Å². The highest BCUT2D eigenvalue weighted by atomic mass is 35.5. The van der Waals surface area contributed by atoms with Crippen molar-refractivity contribution in [2.75, 3.05) is 17.2 Å². The van der Waals surface area contributed by atoms with Crippen molar-refractivity contribution in [1.82, 2.24) is 0 Å². The summed E-state index contributed by atoms with van der Waals surface area (Å²) in [6, 6.07) is 5.22. The Balaban J connectivity index is 2.23. The molecule has 1 aromatic rings. The zero-order valence-electron chi connectivity index (χ0n) is 12.5. The standard InChI is InChI=1S/C15H17ClN2O4/c1-4-17-11-6-5-9(16)7-12(11)18-8-10-13(19)21-15(2,3)22-14(10)20/h5-8,17-18H,4H2,1-3H3. The molecule has 1 heterocycles. The molecule has 6 nitrogen and oxygen atoms in total. The Hall–Kier alpha value is -2.21. The largest absolute Gasteiger partial charge is 0.419 e. The number of hydrogen-bond acceptors (Lipinski definition) is 6. The first-order chi connectivity index (χ1) is 10.3. The van der Waals surface area contributed by atoms with Gasteiger partial charge in [0.15, 0.2) is 5.57 Å². The van der Waals surface area contributed by atoms with Gasteiger partial charge in [0, 0.05) is 31.6 Å². The Kier molecular flexibility index (Phi) is 4.61. The highest BCUT2D eigenvalue weighted by Gasteiger charge is 2.38. The number of rotatable bonds is 4. The smallest absolute Gasteiger partial charge is 0.350 e. The number of anilines is 2. The van der Waals surface area contributed by atoms with E-state index < -0.39 is 17.7 Å². The van der Waals surface area contributed by atoms with E-state index in [1.54, 1.807) is 18.2 Å². The lowest BCUT2D eigenvalue weighted by Gasteiger charge is -2.29. The molecule has 1 aromatic carbocycles. The van der Waals surface area contributed by atoms with E-state index >= 15 is 0 Å². The van der Waals surface area contributed by atoms with Crippen molar-refractivity contribution < 1.29 is 19.1 Å². The first kappa shape index (κ1) is 16.2. The summed E-state index contributed by atoms with van der Waals surface area (Å²) in [5.41, 5.74) is 1.22. The van der Waals surface area contributed by atoms with Crippen LogP contribution in [0.25, 0.3) is 0 Å². The molecule has 22 heavy (non-hydrogen) atoms. The Morgan fingerprint density at radius 1 is 1.18 bits per heavy atom. The Bertz CT molecular complexity index is 618. The van der Waals surface area contributed by atoms with Crippen LogP contribution >= 0.6 is 11.6 Å². The Morgan fingerprint density at radius 3 is 2.41 bits per heavy atom. The predicted octanol–water partition coefficient (Wildman–Crippen LogP) is 2.90. The molecule has 2 N–H and O–H groups in total. The number of carbonyl (C=O) groups excluding carboxylic acids is 2. The average molecular weight is 325 g/mol. The van der Waals surface area contributed by atoms with Crippen LogP contribution in [0.15, 0.2) is 30.0 Å². The topological polar surface area (TPSA) is 76.7 Å². The van der Waals surface area contributed by atoms with Gasteiger partial charge in [0.25, 0.3) is 5.79 Å². The van der Waals surface area contributed by atoms with Crippen LogP contribution in [-0.2, 0) is 19.1 Å². The van der Waals surface area contributed by atoms with E-state index in [0.717, 1.165) is 5.69 Å². The lowest BCUT2D eigenvalue weighted by molar-refractivity contribution is -0.222. The number of carbonyl (C=O) groups is 2. The van der Waals surface area contributed by atoms with E-state index in [0.29, 0.717) is 17.3 Å². The van der Waals surface area contributed by atoms with E-state index in [1.165, 1.54) is 20.0 Å². The molecular formula is C15H17ClN2O4. The van der Waals surface area contributed by atoms with Gasteiger partial charge in [0.05, 0.1) is 11.4 Å². The summed E-state index contributed by atoms with van der Waals surface area (Å²) in [5.74, 6) is -2.72. The van der Waals surface area contributed by atoms with Crippen LogP contribution in [-0.4, -0.2) is 24.3 Å². The third-order valence-electron chi connectivity index (χ3n) is 2.84. The number of ether oxygens (including phenoxy) is 2. The van der Waals surface area contributed by atoms with Crippen molar-refractivity contribution in [3.8, 4) is 0 Å². The maximum atomic E-state index is 11.8.